The van der Waals surface area contributed by atoms with Gasteiger partial charge in [-0.2, -0.15) is 5.10 Å². The Morgan fingerprint density at radius 3 is 2.31 bits per heavy atom. The molecular formula is C7H15N3O5S. The Balaban J connectivity index is 4.21. The first-order valence-corrected chi connectivity index (χ1v) is 4.72. The molecule has 0 saturated carbocycles. The summed E-state index contributed by atoms with van der Waals surface area (Å²) in [5.74, 6) is 0. The Hall–Kier alpha value is -0.840. The summed E-state index contributed by atoms with van der Waals surface area (Å²) in [6.07, 6.45) is -5.65. The van der Waals surface area contributed by atoms with Gasteiger partial charge >= 0.3 is 0 Å². The lowest BCUT2D eigenvalue weighted by atomic mass is 10.0. The summed E-state index contributed by atoms with van der Waals surface area (Å²) in [6.45, 7) is -0.743. The number of hydrogen-bond donors (Lipinski definition) is 7. The van der Waals surface area contributed by atoms with E-state index < -0.39 is 31.0 Å². The van der Waals surface area contributed by atoms with E-state index in [4.69, 9.17) is 15.9 Å². The van der Waals surface area contributed by atoms with E-state index in [1.54, 1.807) is 0 Å². The van der Waals surface area contributed by atoms with Crippen LogP contribution in [-0.4, -0.2) is 67.9 Å². The maximum absolute atomic E-state index is 9.30. The lowest BCUT2D eigenvalue weighted by Gasteiger charge is -2.23. The molecule has 0 aliphatic carbocycles. The topological polar surface area (TPSA) is 152 Å². The van der Waals surface area contributed by atoms with Crippen LogP contribution < -0.4 is 11.2 Å². The normalized spacial score (nSPS) is 19.1. The fraction of sp³-hybridized carbons (Fsp3) is 0.714. The molecule has 9 heteroatoms. The minimum absolute atomic E-state index is 0.131. The molecule has 0 amide bonds. The summed E-state index contributed by atoms with van der Waals surface area (Å²) in [6, 6.07) is 0. The first kappa shape index (κ1) is 15.2. The van der Waals surface area contributed by atoms with Gasteiger partial charge in [-0.3, -0.25) is 5.43 Å². The lowest BCUT2D eigenvalue weighted by molar-refractivity contribution is -0.0999. The van der Waals surface area contributed by atoms with Crippen molar-refractivity contribution in [1.82, 2.24) is 5.43 Å². The number of hydrazone groups is 1. The minimum Gasteiger partial charge on any atom is -0.394 e. The molecule has 94 valence electrons. The molecule has 0 heterocycles. The molecule has 0 radical (unpaired) electrons. The minimum atomic E-state index is -1.70. The predicted octanol–water partition coefficient (Wildman–Crippen LogP) is -3.76. The molecule has 0 rings (SSSR count). The average Bonchev–Trinajstić information content (AvgIpc) is 2.25. The Bertz CT molecular complexity index is 252. The summed E-state index contributed by atoms with van der Waals surface area (Å²) in [5.41, 5.74) is 7.15. The van der Waals surface area contributed by atoms with Crippen LogP contribution in [0.15, 0.2) is 5.10 Å². The molecule has 0 aromatic heterocycles. The second-order valence-electron chi connectivity index (χ2n) is 2.98. The molecule has 0 unspecified atom stereocenters. The van der Waals surface area contributed by atoms with Crippen molar-refractivity contribution in [2.75, 3.05) is 6.61 Å². The Kier molecular flexibility index (Phi) is 7.05. The van der Waals surface area contributed by atoms with E-state index in [0.717, 1.165) is 6.21 Å². The molecule has 8 N–H and O–H groups in total. The van der Waals surface area contributed by atoms with E-state index in [1.165, 1.54) is 0 Å². The Morgan fingerprint density at radius 2 is 1.88 bits per heavy atom. The second kappa shape index (κ2) is 7.44. The number of hydrogen-bond acceptors (Lipinski definition) is 7. The van der Waals surface area contributed by atoms with E-state index in [0.29, 0.717) is 0 Å². The number of nitrogens with zero attached hydrogens (tertiary/aromatic N) is 1. The first-order valence-electron chi connectivity index (χ1n) is 4.32. The molecule has 0 spiro atoms. The third-order valence-corrected chi connectivity index (χ3v) is 1.77. The van der Waals surface area contributed by atoms with Crippen LogP contribution in [-0.2, 0) is 0 Å². The molecule has 0 aromatic rings. The van der Waals surface area contributed by atoms with Gasteiger partial charge in [-0.15, -0.1) is 0 Å². The highest BCUT2D eigenvalue weighted by Crippen LogP contribution is 2.03. The monoisotopic (exact) mass is 253 g/mol. The fourth-order valence-electron chi connectivity index (χ4n) is 0.803. The van der Waals surface area contributed by atoms with Gasteiger partial charge in [-0.25, -0.2) is 0 Å². The average molecular weight is 253 g/mol. The van der Waals surface area contributed by atoms with E-state index >= 15 is 0 Å². The van der Waals surface area contributed by atoms with Gasteiger partial charge in [0.25, 0.3) is 0 Å². The van der Waals surface area contributed by atoms with Gasteiger partial charge in [0.15, 0.2) is 5.11 Å². The number of nitrogens with one attached hydrogen (secondary N) is 1. The van der Waals surface area contributed by atoms with Gasteiger partial charge in [0, 0.05) is 0 Å². The van der Waals surface area contributed by atoms with Crippen LogP contribution in [0.2, 0.25) is 0 Å². The van der Waals surface area contributed by atoms with Crippen LogP contribution in [0.3, 0.4) is 0 Å². The van der Waals surface area contributed by atoms with Crippen molar-refractivity contribution in [3.63, 3.8) is 0 Å². The molecule has 16 heavy (non-hydrogen) atoms. The quantitative estimate of drug-likeness (QED) is 0.145. The smallest absolute Gasteiger partial charge is 0.184 e. The molecule has 0 bridgehead atoms. The SMILES string of the molecule is NC(=S)NN=C[C@@H](O)[C@@H](O)[C@H](O)[C@H](O)CO. The zero-order chi connectivity index (χ0) is 12.7. The van der Waals surface area contributed by atoms with Crippen molar-refractivity contribution in [3.05, 3.63) is 0 Å². The fourth-order valence-corrected chi connectivity index (χ4v) is 0.856. The molecule has 0 aromatic carbocycles. The molecule has 0 aliphatic rings. The lowest BCUT2D eigenvalue weighted by Crippen LogP contribution is -2.46. The molecule has 0 saturated heterocycles. The predicted molar refractivity (Wildman–Crippen MR) is 59.5 cm³/mol. The number of nitrogens with two attached hydrogens (primary N) is 1. The number of rotatable bonds is 6. The third kappa shape index (κ3) is 5.30. The van der Waals surface area contributed by atoms with Crippen LogP contribution in [0, 0.1) is 0 Å². The second-order valence-corrected chi connectivity index (χ2v) is 3.42. The van der Waals surface area contributed by atoms with Crippen molar-refractivity contribution in [2.45, 2.75) is 24.4 Å². The zero-order valence-electron chi connectivity index (χ0n) is 8.26. The summed E-state index contributed by atoms with van der Waals surface area (Å²) in [7, 11) is 0. The van der Waals surface area contributed by atoms with Crippen molar-refractivity contribution < 1.29 is 25.5 Å². The zero-order valence-corrected chi connectivity index (χ0v) is 9.08. The van der Waals surface area contributed by atoms with Crippen LogP contribution in [0.1, 0.15) is 0 Å². The van der Waals surface area contributed by atoms with Gasteiger partial charge in [0.1, 0.15) is 24.4 Å². The van der Waals surface area contributed by atoms with Crippen LogP contribution in [0.25, 0.3) is 0 Å². The van der Waals surface area contributed by atoms with Gasteiger partial charge in [-0.05, 0) is 12.2 Å². The molecule has 0 fully saturated rings. The highest BCUT2D eigenvalue weighted by atomic mass is 32.1. The molecular weight excluding hydrogens is 238 g/mol. The Morgan fingerprint density at radius 1 is 1.31 bits per heavy atom. The largest absolute Gasteiger partial charge is 0.394 e. The van der Waals surface area contributed by atoms with Crippen molar-refractivity contribution in [2.24, 2.45) is 10.8 Å². The molecule has 0 aliphatic heterocycles. The number of aliphatic hydroxyl groups is 5. The van der Waals surface area contributed by atoms with Gasteiger partial charge in [0.05, 0.1) is 12.8 Å². The summed E-state index contributed by atoms with van der Waals surface area (Å²) in [4.78, 5) is 0. The van der Waals surface area contributed by atoms with E-state index in [1.807, 2.05) is 0 Å². The highest BCUT2D eigenvalue weighted by Gasteiger charge is 2.29. The van der Waals surface area contributed by atoms with Crippen LogP contribution >= 0.6 is 12.2 Å². The summed E-state index contributed by atoms with van der Waals surface area (Å²) < 4.78 is 0. The van der Waals surface area contributed by atoms with Gasteiger partial charge < -0.3 is 31.3 Å². The van der Waals surface area contributed by atoms with E-state index in [9.17, 15) is 15.3 Å². The van der Waals surface area contributed by atoms with Gasteiger partial charge in [-0.1, -0.05) is 0 Å². The van der Waals surface area contributed by atoms with Crippen molar-refractivity contribution in [1.29, 1.82) is 0 Å². The standard InChI is InChI=1S/C7H15N3O5S/c8-7(16)10-9-1-3(12)5(14)6(15)4(13)2-11/h1,3-6,11-15H,2H2,(H3,8,10,16)/t3-,4-,5-,6-/m1/s1. The van der Waals surface area contributed by atoms with Crippen LogP contribution in [0.4, 0.5) is 0 Å². The van der Waals surface area contributed by atoms with Crippen molar-refractivity contribution in [3.8, 4) is 0 Å². The molecule has 8 nitrogen and oxygen atoms in total. The van der Waals surface area contributed by atoms with E-state index in [2.05, 4.69) is 22.7 Å². The first-order chi connectivity index (χ1) is 7.40. The third-order valence-electron chi connectivity index (χ3n) is 1.68. The number of thiocarbonyl (C=S) groups is 1. The maximum Gasteiger partial charge on any atom is 0.184 e. The molecule has 4 atom stereocenters. The maximum atomic E-state index is 9.30. The van der Waals surface area contributed by atoms with Crippen LogP contribution in [0.5, 0.6) is 0 Å². The van der Waals surface area contributed by atoms with E-state index in [-0.39, 0.29) is 5.11 Å². The Labute approximate surface area is 97.0 Å². The highest BCUT2D eigenvalue weighted by molar-refractivity contribution is 7.80. The van der Waals surface area contributed by atoms with Gasteiger partial charge in [0.2, 0.25) is 0 Å². The summed E-state index contributed by atoms with van der Waals surface area (Å²) in [5, 5.41) is 48.5. The number of aliphatic hydroxyl groups excluding tert-OH is 5. The summed E-state index contributed by atoms with van der Waals surface area (Å²) >= 11 is 4.41. The van der Waals surface area contributed by atoms with Crippen molar-refractivity contribution >= 4 is 23.5 Å².